The van der Waals surface area contributed by atoms with Crippen LogP contribution in [-0.4, -0.2) is 34.5 Å². The zero-order chi connectivity index (χ0) is 10.6. The molecule has 0 amide bonds. The van der Waals surface area contributed by atoms with Crippen LogP contribution < -0.4 is 0 Å². The summed E-state index contributed by atoms with van der Waals surface area (Å²) in [4.78, 5) is 10.8. The molecular weight excluding hydrogens is 184 g/mol. The van der Waals surface area contributed by atoms with Gasteiger partial charge in [0.05, 0.1) is 12.2 Å². The molecule has 14 heavy (non-hydrogen) atoms. The molecule has 0 aromatic rings. The van der Waals surface area contributed by atoms with Gasteiger partial charge in [-0.2, -0.15) is 0 Å². The Labute approximate surface area is 83.9 Å². The first-order valence-corrected chi connectivity index (χ1v) is 5.13. The normalized spacial score (nSPS) is 25.9. The summed E-state index contributed by atoms with van der Waals surface area (Å²) in [5, 5.41) is 18.6. The molecule has 0 aromatic heterocycles. The van der Waals surface area contributed by atoms with Crippen molar-refractivity contribution < 1.29 is 19.7 Å². The molecule has 1 heterocycles. The van der Waals surface area contributed by atoms with Crippen LogP contribution in [0.25, 0.3) is 0 Å². The molecule has 3 unspecified atom stereocenters. The van der Waals surface area contributed by atoms with Crippen LogP contribution in [0.15, 0.2) is 0 Å². The van der Waals surface area contributed by atoms with Gasteiger partial charge in [0.1, 0.15) is 6.10 Å². The van der Waals surface area contributed by atoms with Crippen molar-refractivity contribution in [2.24, 2.45) is 0 Å². The molecule has 0 spiro atoms. The molecule has 4 nitrogen and oxygen atoms in total. The van der Waals surface area contributed by atoms with Gasteiger partial charge in [0.2, 0.25) is 0 Å². The standard InChI is InChI=1S/C10H18O4/c1-7(11)2-3-8(12)6-9-4-5-10(13)14-9/h7-9,11-12H,2-6H2,1H3. The number of rotatable bonds is 5. The molecule has 0 bridgehead atoms. The van der Waals surface area contributed by atoms with Crippen molar-refractivity contribution in [1.29, 1.82) is 0 Å². The maximum atomic E-state index is 10.8. The summed E-state index contributed by atoms with van der Waals surface area (Å²) in [7, 11) is 0. The maximum Gasteiger partial charge on any atom is 0.306 e. The van der Waals surface area contributed by atoms with Crippen LogP contribution in [0, 0.1) is 0 Å². The number of esters is 1. The highest BCUT2D eigenvalue weighted by atomic mass is 16.5. The van der Waals surface area contributed by atoms with Gasteiger partial charge in [-0.25, -0.2) is 0 Å². The minimum absolute atomic E-state index is 0.119. The SMILES string of the molecule is CC(O)CCC(O)CC1CCC(=O)O1. The van der Waals surface area contributed by atoms with E-state index in [-0.39, 0.29) is 18.2 Å². The lowest BCUT2D eigenvalue weighted by atomic mass is 10.0. The summed E-state index contributed by atoms with van der Waals surface area (Å²) >= 11 is 0. The van der Waals surface area contributed by atoms with E-state index < -0.39 is 6.10 Å². The fourth-order valence-electron chi connectivity index (χ4n) is 1.60. The van der Waals surface area contributed by atoms with Crippen molar-refractivity contribution >= 4 is 5.97 Å². The van der Waals surface area contributed by atoms with Crippen LogP contribution in [0.5, 0.6) is 0 Å². The Morgan fingerprint density at radius 3 is 2.71 bits per heavy atom. The lowest BCUT2D eigenvalue weighted by molar-refractivity contribution is -0.142. The van der Waals surface area contributed by atoms with Gasteiger partial charge in [-0.1, -0.05) is 0 Å². The molecule has 4 heteroatoms. The minimum atomic E-state index is -0.472. The number of hydrogen-bond donors (Lipinski definition) is 2. The van der Waals surface area contributed by atoms with Crippen LogP contribution in [0.3, 0.4) is 0 Å². The Kier molecular flexibility index (Phi) is 4.35. The zero-order valence-electron chi connectivity index (χ0n) is 8.48. The second-order valence-corrected chi connectivity index (χ2v) is 3.97. The van der Waals surface area contributed by atoms with Gasteiger partial charge in [0, 0.05) is 12.8 Å². The van der Waals surface area contributed by atoms with Gasteiger partial charge >= 0.3 is 5.97 Å². The zero-order valence-corrected chi connectivity index (χ0v) is 8.48. The van der Waals surface area contributed by atoms with Crippen molar-refractivity contribution in [3.63, 3.8) is 0 Å². The third-order valence-corrected chi connectivity index (χ3v) is 2.42. The maximum absolute atomic E-state index is 10.8. The Bertz CT molecular complexity index is 191. The summed E-state index contributed by atoms with van der Waals surface area (Å²) in [6.07, 6.45) is 1.85. The fourth-order valence-corrected chi connectivity index (χ4v) is 1.60. The molecule has 1 rings (SSSR count). The molecule has 0 aliphatic carbocycles. The summed E-state index contributed by atoms with van der Waals surface area (Å²) in [5.74, 6) is -0.169. The van der Waals surface area contributed by atoms with Gasteiger partial charge in [-0.15, -0.1) is 0 Å². The summed E-state index contributed by atoms with van der Waals surface area (Å²) < 4.78 is 4.98. The third-order valence-electron chi connectivity index (χ3n) is 2.42. The first-order valence-electron chi connectivity index (χ1n) is 5.13. The largest absolute Gasteiger partial charge is 0.462 e. The van der Waals surface area contributed by atoms with E-state index in [1.165, 1.54) is 0 Å². The molecule has 1 aliphatic heterocycles. The van der Waals surface area contributed by atoms with Gasteiger partial charge < -0.3 is 14.9 Å². The van der Waals surface area contributed by atoms with E-state index in [4.69, 9.17) is 9.84 Å². The summed E-state index contributed by atoms with van der Waals surface area (Å²) in [5.41, 5.74) is 0. The first kappa shape index (κ1) is 11.5. The smallest absolute Gasteiger partial charge is 0.306 e. The van der Waals surface area contributed by atoms with E-state index in [2.05, 4.69) is 0 Å². The van der Waals surface area contributed by atoms with Crippen molar-refractivity contribution in [2.75, 3.05) is 0 Å². The van der Waals surface area contributed by atoms with Crippen LogP contribution in [0.2, 0.25) is 0 Å². The summed E-state index contributed by atoms with van der Waals surface area (Å²) in [6, 6.07) is 0. The molecule has 0 saturated carbocycles. The van der Waals surface area contributed by atoms with Crippen LogP contribution >= 0.6 is 0 Å². The highest BCUT2D eigenvalue weighted by Gasteiger charge is 2.25. The molecular formula is C10H18O4. The van der Waals surface area contributed by atoms with Gasteiger partial charge in [-0.3, -0.25) is 4.79 Å². The van der Waals surface area contributed by atoms with E-state index in [1.54, 1.807) is 6.92 Å². The third kappa shape index (κ3) is 4.07. The number of carbonyl (C=O) groups excluding carboxylic acids is 1. The van der Waals surface area contributed by atoms with Crippen LogP contribution in [-0.2, 0) is 9.53 Å². The van der Waals surface area contributed by atoms with E-state index in [9.17, 15) is 9.90 Å². The van der Waals surface area contributed by atoms with Crippen molar-refractivity contribution in [2.45, 2.75) is 57.3 Å². The average Bonchev–Trinajstić information content (AvgIpc) is 2.48. The van der Waals surface area contributed by atoms with E-state index in [1.807, 2.05) is 0 Å². The number of carbonyl (C=O) groups is 1. The highest BCUT2D eigenvalue weighted by Crippen LogP contribution is 2.20. The highest BCUT2D eigenvalue weighted by molar-refractivity contribution is 5.71. The van der Waals surface area contributed by atoms with Gasteiger partial charge in [-0.05, 0) is 26.2 Å². The monoisotopic (exact) mass is 202 g/mol. The Morgan fingerprint density at radius 2 is 2.21 bits per heavy atom. The number of hydrogen-bond acceptors (Lipinski definition) is 4. The van der Waals surface area contributed by atoms with Gasteiger partial charge in [0.25, 0.3) is 0 Å². The van der Waals surface area contributed by atoms with Crippen molar-refractivity contribution in [3.05, 3.63) is 0 Å². The topological polar surface area (TPSA) is 66.8 Å². The van der Waals surface area contributed by atoms with E-state index in [0.29, 0.717) is 32.1 Å². The lowest BCUT2D eigenvalue weighted by Crippen LogP contribution is -2.19. The Morgan fingerprint density at radius 1 is 1.50 bits per heavy atom. The van der Waals surface area contributed by atoms with Crippen LogP contribution in [0.4, 0.5) is 0 Å². The average molecular weight is 202 g/mol. The molecule has 2 N–H and O–H groups in total. The number of cyclic esters (lactones) is 1. The first-order chi connectivity index (χ1) is 6.58. The van der Waals surface area contributed by atoms with Crippen molar-refractivity contribution in [1.82, 2.24) is 0 Å². The summed E-state index contributed by atoms with van der Waals surface area (Å²) in [6.45, 7) is 1.70. The second-order valence-electron chi connectivity index (χ2n) is 3.97. The number of ether oxygens (including phenoxy) is 1. The number of aliphatic hydroxyl groups excluding tert-OH is 2. The molecule has 82 valence electrons. The quantitative estimate of drug-likeness (QED) is 0.641. The molecule has 0 aromatic carbocycles. The molecule has 1 saturated heterocycles. The van der Waals surface area contributed by atoms with Crippen LogP contribution in [0.1, 0.15) is 39.0 Å². The predicted molar refractivity (Wildman–Crippen MR) is 50.7 cm³/mol. The lowest BCUT2D eigenvalue weighted by Gasteiger charge is -2.15. The van der Waals surface area contributed by atoms with Gasteiger partial charge in [0.15, 0.2) is 0 Å². The predicted octanol–water partition coefficient (Wildman–Crippen LogP) is 0.604. The van der Waals surface area contributed by atoms with E-state index >= 15 is 0 Å². The molecule has 1 fully saturated rings. The Balaban J connectivity index is 2.13. The molecule has 1 aliphatic rings. The second kappa shape index (κ2) is 5.32. The number of aliphatic hydroxyl groups is 2. The van der Waals surface area contributed by atoms with Crippen molar-refractivity contribution in [3.8, 4) is 0 Å². The molecule has 3 atom stereocenters. The molecule has 0 radical (unpaired) electrons. The van der Waals surface area contributed by atoms with E-state index in [0.717, 1.165) is 0 Å². The Hall–Kier alpha value is -0.610. The fraction of sp³-hybridized carbons (Fsp3) is 0.900. The minimum Gasteiger partial charge on any atom is -0.462 e.